The van der Waals surface area contributed by atoms with Gasteiger partial charge in [-0.25, -0.2) is 0 Å². The van der Waals surface area contributed by atoms with Crippen molar-refractivity contribution in [2.45, 2.75) is 25.8 Å². The average Bonchev–Trinajstić information content (AvgIpc) is 2.62. The minimum atomic E-state index is -0.499. The molecule has 26 heavy (non-hydrogen) atoms. The first-order chi connectivity index (χ1) is 12.5. The molecular formula is C19H20N2O5. The van der Waals surface area contributed by atoms with Crippen LogP contribution in [0.4, 0.5) is 5.69 Å². The van der Waals surface area contributed by atoms with Gasteiger partial charge in [-0.05, 0) is 18.1 Å². The molecule has 0 spiro atoms. The van der Waals surface area contributed by atoms with E-state index in [2.05, 4.69) is 5.32 Å². The lowest BCUT2D eigenvalue weighted by Gasteiger charge is -2.18. The zero-order valence-electron chi connectivity index (χ0n) is 14.4. The first kappa shape index (κ1) is 19.1. The Bertz CT molecular complexity index is 759. The third-order valence-electron chi connectivity index (χ3n) is 3.73. The van der Waals surface area contributed by atoms with Gasteiger partial charge in [-0.15, -0.1) is 0 Å². The maximum absolute atomic E-state index is 12.4. The van der Waals surface area contributed by atoms with E-state index in [9.17, 15) is 19.7 Å². The number of hydrogen-bond donors (Lipinski definition) is 1. The Kier molecular flexibility index (Phi) is 6.84. The van der Waals surface area contributed by atoms with Crippen molar-refractivity contribution >= 4 is 17.6 Å². The van der Waals surface area contributed by atoms with Crippen LogP contribution in [0, 0.1) is 10.1 Å². The zero-order valence-corrected chi connectivity index (χ0v) is 14.4. The fourth-order valence-corrected chi connectivity index (χ4v) is 2.49. The number of carbonyl (C=O) groups excluding carboxylic acids is 2. The average molecular weight is 356 g/mol. The van der Waals surface area contributed by atoms with Gasteiger partial charge in [0.25, 0.3) is 5.69 Å². The maximum Gasteiger partial charge on any atom is 0.308 e. The van der Waals surface area contributed by atoms with E-state index >= 15 is 0 Å². The van der Waals surface area contributed by atoms with Crippen molar-refractivity contribution in [2.24, 2.45) is 0 Å². The van der Waals surface area contributed by atoms with Crippen molar-refractivity contribution in [1.29, 1.82) is 0 Å². The molecule has 1 atom stereocenters. The zero-order chi connectivity index (χ0) is 18.9. The molecule has 0 heterocycles. The third kappa shape index (κ3) is 5.70. The van der Waals surface area contributed by atoms with Gasteiger partial charge in [-0.1, -0.05) is 42.5 Å². The highest BCUT2D eigenvalue weighted by atomic mass is 16.6. The molecule has 7 heteroatoms. The topological polar surface area (TPSA) is 98.5 Å². The molecule has 0 aromatic heterocycles. The number of nitro groups is 1. The lowest BCUT2D eigenvalue weighted by atomic mass is 10.0. The summed E-state index contributed by atoms with van der Waals surface area (Å²) in [7, 11) is 0. The van der Waals surface area contributed by atoms with E-state index in [1.807, 2.05) is 30.3 Å². The van der Waals surface area contributed by atoms with Crippen molar-refractivity contribution in [2.75, 3.05) is 6.61 Å². The molecule has 2 aromatic carbocycles. The van der Waals surface area contributed by atoms with Crippen LogP contribution in [0.3, 0.4) is 0 Å². The molecule has 1 amide bonds. The number of carbonyl (C=O) groups is 2. The SMILES string of the molecule is CCOC(=O)CC(NC(=O)Cc1ccc([N+](=O)[O-])cc1)c1ccccc1. The molecule has 2 aromatic rings. The summed E-state index contributed by atoms with van der Waals surface area (Å²) in [6.45, 7) is 2.00. The van der Waals surface area contributed by atoms with E-state index in [1.165, 1.54) is 12.1 Å². The number of nitro benzene ring substituents is 1. The van der Waals surface area contributed by atoms with E-state index in [0.717, 1.165) is 5.56 Å². The van der Waals surface area contributed by atoms with E-state index in [0.29, 0.717) is 5.56 Å². The Balaban J connectivity index is 2.05. The van der Waals surface area contributed by atoms with Crippen LogP contribution < -0.4 is 5.32 Å². The van der Waals surface area contributed by atoms with Crippen LogP contribution in [-0.2, 0) is 20.7 Å². The molecule has 1 unspecified atom stereocenters. The minimum absolute atomic E-state index is 0.0290. The molecular weight excluding hydrogens is 336 g/mol. The number of rotatable bonds is 8. The van der Waals surface area contributed by atoms with Crippen LogP contribution in [0.25, 0.3) is 0 Å². The van der Waals surface area contributed by atoms with Crippen LogP contribution in [-0.4, -0.2) is 23.4 Å². The van der Waals surface area contributed by atoms with Crippen molar-refractivity contribution in [1.82, 2.24) is 5.32 Å². The van der Waals surface area contributed by atoms with E-state index < -0.39 is 16.9 Å². The first-order valence-electron chi connectivity index (χ1n) is 8.23. The summed E-state index contributed by atoms with van der Waals surface area (Å²) < 4.78 is 4.98. The highest BCUT2D eigenvalue weighted by molar-refractivity contribution is 5.80. The second-order valence-electron chi connectivity index (χ2n) is 5.64. The lowest BCUT2D eigenvalue weighted by molar-refractivity contribution is -0.384. The second-order valence-corrected chi connectivity index (χ2v) is 5.64. The number of nitrogens with one attached hydrogen (secondary N) is 1. The normalized spacial score (nSPS) is 11.4. The summed E-state index contributed by atoms with van der Waals surface area (Å²) in [6.07, 6.45) is 0.0913. The fraction of sp³-hybridized carbons (Fsp3) is 0.263. The van der Waals surface area contributed by atoms with Crippen LogP contribution >= 0.6 is 0 Å². The Labute approximate surface area is 151 Å². The molecule has 2 rings (SSSR count). The number of hydrogen-bond acceptors (Lipinski definition) is 5. The van der Waals surface area contributed by atoms with Gasteiger partial charge in [0, 0.05) is 12.1 Å². The van der Waals surface area contributed by atoms with Crippen LogP contribution in [0.2, 0.25) is 0 Å². The van der Waals surface area contributed by atoms with Gasteiger partial charge in [0.2, 0.25) is 5.91 Å². The van der Waals surface area contributed by atoms with E-state index in [4.69, 9.17) is 4.74 Å². The summed E-state index contributed by atoms with van der Waals surface area (Å²) >= 11 is 0. The lowest BCUT2D eigenvalue weighted by Crippen LogP contribution is -2.31. The van der Waals surface area contributed by atoms with Gasteiger partial charge in [-0.2, -0.15) is 0 Å². The predicted octanol–water partition coefficient (Wildman–Crippen LogP) is 2.95. The molecule has 0 saturated heterocycles. The number of esters is 1. The molecule has 136 valence electrons. The number of ether oxygens (including phenoxy) is 1. The summed E-state index contributed by atoms with van der Waals surface area (Å²) in [5.74, 6) is -0.672. The smallest absolute Gasteiger partial charge is 0.308 e. The summed E-state index contributed by atoms with van der Waals surface area (Å²) in [5, 5.41) is 13.5. The van der Waals surface area contributed by atoms with Gasteiger partial charge in [0.05, 0.1) is 30.4 Å². The third-order valence-corrected chi connectivity index (χ3v) is 3.73. The standard InChI is InChI=1S/C19H20N2O5/c1-2-26-19(23)13-17(15-6-4-3-5-7-15)20-18(22)12-14-8-10-16(11-9-14)21(24)25/h3-11,17H,2,12-13H2,1H3,(H,20,22). The van der Waals surface area contributed by atoms with Crippen molar-refractivity contribution in [3.63, 3.8) is 0 Å². The molecule has 1 N–H and O–H groups in total. The summed E-state index contributed by atoms with van der Waals surface area (Å²) in [4.78, 5) is 34.4. The largest absolute Gasteiger partial charge is 0.466 e. The van der Waals surface area contributed by atoms with Crippen LogP contribution in [0.1, 0.15) is 30.5 Å². The Morgan fingerprint density at radius 2 is 1.77 bits per heavy atom. The molecule has 0 bridgehead atoms. The Morgan fingerprint density at radius 1 is 1.12 bits per heavy atom. The fourth-order valence-electron chi connectivity index (χ4n) is 2.49. The van der Waals surface area contributed by atoms with Gasteiger partial charge in [-0.3, -0.25) is 19.7 Å². The van der Waals surface area contributed by atoms with Gasteiger partial charge in [0.15, 0.2) is 0 Å². The number of non-ortho nitro benzene ring substituents is 1. The number of nitrogens with zero attached hydrogens (tertiary/aromatic N) is 1. The number of amides is 1. The van der Waals surface area contributed by atoms with Gasteiger partial charge >= 0.3 is 5.97 Å². The molecule has 0 saturated carbocycles. The molecule has 0 fully saturated rings. The van der Waals surface area contributed by atoms with Crippen molar-refractivity contribution < 1.29 is 19.2 Å². The molecule has 7 nitrogen and oxygen atoms in total. The Hall–Kier alpha value is -3.22. The van der Waals surface area contributed by atoms with Gasteiger partial charge < -0.3 is 10.1 Å². The predicted molar refractivity (Wildman–Crippen MR) is 95.4 cm³/mol. The quantitative estimate of drug-likeness (QED) is 0.445. The monoisotopic (exact) mass is 356 g/mol. The van der Waals surface area contributed by atoms with Gasteiger partial charge in [0.1, 0.15) is 0 Å². The van der Waals surface area contributed by atoms with Crippen molar-refractivity contribution in [3.8, 4) is 0 Å². The van der Waals surface area contributed by atoms with Crippen molar-refractivity contribution in [3.05, 3.63) is 75.8 Å². The maximum atomic E-state index is 12.4. The molecule has 0 aliphatic heterocycles. The first-order valence-corrected chi connectivity index (χ1v) is 8.23. The highest BCUT2D eigenvalue weighted by Gasteiger charge is 2.19. The summed E-state index contributed by atoms with van der Waals surface area (Å²) in [6, 6.07) is 14.5. The molecule has 0 radical (unpaired) electrons. The number of benzene rings is 2. The minimum Gasteiger partial charge on any atom is -0.466 e. The van der Waals surface area contributed by atoms with E-state index in [1.54, 1.807) is 19.1 Å². The Morgan fingerprint density at radius 3 is 2.35 bits per heavy atom. The highest BCUT2D eigenvalue weighted by Crippen LogP contribution is 2.18. The molecule has 0 aliphatic carbocycles. The second kappa shape index (κ2) is 9.31. The molecule has 0 aliphatic rings. The summed E-state index contributed by atoms with van der Waals surface area (Å²) in [5.41, 5.74) is 1.42. The van der Waals surface area contributed by atoms with Crippen LogP contribution in [0.15, 0.2) is 54.6 Å². The van der Waals surface area contributed by atoms with Crippen LogP contribution in [0.5, 0.6) is 0 Å². The van der Waals surface area contributed by atoms with E-state index in [-0.39, 0.29) is 31.0 Å².